The lowest BCUT2D eigenvalue weighted by molar-refractivity contribution is 0.0191. The molecular weight excluding hydrogens is 366 g/mol. The normalized spacial score (nSPS) is 36.6. The molecule has 27 heavy (non-hydrogen) atoms. The Morgan fingerprint density at radius 2 is 2.15 bits per heavy atom. The van der Waals surface area contributed by atoms with Gasteiger partial charge < -0.3 is 19.7 Å². The van der Waals surface area contributed by atoms with E-state index in [1.807, 2.05) is 0 Å². The van der Waals surface area contributed by atoms with Gasteiger partial charge in [-0.05, 0) is 44.4 Å². The zero-order chi connectivity index (χ0) is 18.7. The first-order chi connectivity index (χ1) is 13.0. The lowest BCUT2D eigenvalue weighted by Gasteiger charge is -2.28. The van der Waals surface area contributed by atoms with Crippen LogP contribution in [0.3, 0.4) is 0 Å². The SMILES string of the molecule is O=S1(=O)CCC(CN=C(NCC2CCCCO2)N2CCC3(CCOC3)C2)C1. The number of hydrogen-bond acceptors (Lipinski definition) is 5. The maximum Gasteiger partial charge on any atom is 0.194 e. The maximum atomic E-state index is 11.7. The van der Waals surface area contributed by atoms with Gasteiger partial charge in [0, 0.05) is 44.8 Å². The van der Waals surface area contributed by atoms with Crippen LogP contribution in [0.5, 0.6) is 0 Å². The minimum Gasteiger partial charge on any atom is -0.381 e. The first-order valence-corrected chi connectivity index (χ1v) is 12.3. The molecule has 7 nitrogen and oxygen atoms in total. The molecule has 4 fully saturated rings. The van der Waals surface area contributed by atoms with Crippen LogP contribution in [0.25, 0.3) is 0 Å². The third-order valence-corrected chi connectivity index (χ3v) is 8.35. The highest BCUT2D eigenvalue weighted by Crippen LogP contribution is 2.38. The molecule has 0 bridgehead atoms. The van der Waals surface area contributed by atoms with Crippen molar-refractivity contribution in [3.05, 3.63) is 0 Å². The number of rotatable bonds is 4. The van der Waals surface area contributed by atoms with Crippen molar-refractivity contribution in [2.75, 3.05) is 57.5 Å². The topological polar surface area (TPSA) is 80.2 Å². The molecule has 4 rings (SSSR count). The van der Waals surface area contributed by atoms with Crippen molar-refractivity contribution in [1.82, 2.24) is 10.2 Å². The van der Waals surface area contributed by atoms with Crippen LogP contribution < -0.4 is 5.32 Å². The quantitative estimate of drug-likeness (QED) is 0.562. The van der Waals surface area contributed by atoms with Crippen LogP contribution >= 0.6 is 0 Å². The Hall–Kier alpha value is -0.860. The van der Waals surface area contributed by atoms with Crippen LogP contribution in [-0.4, -0.2) is 82.9 Å². The summed E-state index contributed by atoms with van der Waals surface area (Å²) in [5.41, 5.74) is 0.278. The summed E-state index contributed by atoms with van der Waals surface area (Å²) in [7, 11) is -2.85. The predicted octanol–water partition coefficient (Wildman–Crippen LogP) is 1.05. The lowest BCUT2D eigenvalue weighted by Crippen LogP contribution is -2.45. The van der Waals surface area contributed by atoms with E-state index in [-0.39, 0.29) is 23.2 Å². The lowest BCUT2D eigenvalue weighted by atomic mass is 9.87. The van der Waals surface area contributed by atoms with E-state index in [1.54, 1.807) is 0 Å². The molecule has 3 unspecified atom stereocenters. The number of hydrogen-bond donors (Lipinski definition) is 1. The van der Waals surface area contributed by atoms with E-state index >= 15 is 0 Å². The smallest absolute Gasteiger partial charge is 0.194 e. The Balaban J connectivity index is 1.39. The van der Waals surface area contributed by atoms with Gasteiger partial charge in [-0.3, -0.25) is 4.99 Å². The van der Waals surface area contributed by atoms with E-state index in [2.05, 4.69) is 10.2 Å². The molecule has 3 atom stereocenters. The van der Waals surface area contributed by atoms with Crippen LogP contribution in [-0.2, 0) is 19.3 Å². The number of likely N-dealkylation sites (tertiary alicyclic amines) is 1. The number of nitrogens with one attached hydrogen (secondary N) is 1. The van der Waals surface area contributed by atoms with Crippen LogP contribution in [0.2, 0.25) is 0 Å². The fourth-order valence-electron chi connectivity index (χ4n) is 4.76. The summed E-state index contributed by atoms with van der Waals surface area (Å²) in [6, 6.07) is 0. The molecule has 1 N–H and O–H groups in total. The Morgan fingerprint density at radius 1 is 1.22 bits per heavy atom. The average molecular weight is 400 g/mol. The summed E-state index contributed by atoms with van der Waals surface area (Å²) < 4.78 is 35.0. The summed E-state index contributed by atoms with van der Waals surface area (Å²) in [6.07, 6.45) is 6.74. The number of sulfone groups is 1. The molecule has 0 aromatic heterocycles. The maximum absolute atomic E-state index is 11.7. The Labute approximate surface area is 162 Å². The summed E-state index contributed by atoms with van der Waals surface area (Å²) in [5, 5.41) is 3.54. The van der Waals surface area contributed by atoms with Crippen molar-refractivity contribution >= 4 is 15.8 Å². The molecular formula is C19H33N3O4S. The second-order valence-electron chi connectivity index (χ2n) is 8.78. The Bertz CT molecular complexity index is 639. The van der Waals surface area contributed by atoms with Crippen molar-refractivity contribution in [1.29, 1.82) is 0 Å². The molecule has 0 aliphatic carbocycles. The minimum absolute atomic E-state index is 0.157. The average Bonchev–Trinajstić information content (AvgIpc) is 3.38. The molecule has 0 amide bonds. The number of nitrogens with zero attached hydrogens (tertiary/aromatic N) is 2. The highest BCUT2D eigenvalue weighted by molar-refractivity contribution is 7.91. The van der Waals surface area contributed by atoms with E-state index < -0.39 is 9.84 Å². The third-order valence-electron chi connectivity index (χ3n) is 6.51. The fourth-order valence-corrected chi connectivity index (χ4v) is 6.61. The number of ether oxygens (including phenoxy) is 2. The highest BCUT2D eigenvalue weighted by atomic mass is 32.2. The van der Waals surface area contributed by atoms with E-state index in [1.165, 1.54) is 6.42 Å². The van der Waals surface area contributed by atoms with Gasteiger partial charge >= 0.3 is 0 Å². The van der Waals surface area contributed by atoms with Crippen molar-refractivity contribution in [2.24, 2.45) is 16.3 Å². The zero-order valence-corrected chi connectivity index (χ0v) is 17.0. The van der Waals surface area contributed by atoms with Crippen molar-refractivity contribution < 1.29 is 17.9 Å². The summed E-state index contributed by atoms with van der Waals surface area (Å²) >= 11 is 0. The van der Waals surface area contributed by atoms with Crippen LogP contribution in [0, 0.1) is 11.3 Å². The van der Waals surface area contributed by atoms with Crippen molar-refractivity contribution in [2.45, 2.75) is 44.6 Å². The van der Waals surface area contributed by atoms with Crippen LogP contribution in [0.15, 0.2) is 4.99 Å². The van der Waals surface area contributed by atoms with Gasteiger partial charge in [-0.2, -0.15) is 0 Å². The van der Waals surface area contributed by atoms with Gasteiger partial charge in [0.05, 0.1) is 24.2 Å². The molecule has 8 heteroatoms. The summed E-state index contributed by atoms with van der Waals surface area (Å²) in [5.74, 6) is 1.69. The van der Waals surface area contributed by atoms with Crippen LogP contribution in [0.1, 0.15) is 38.5 Å². The van der Waals surface area contributed by atoms with Gasteiger partial charge in [-0.15, -0.1) is 0 Å². The van der Waals surface area contributed by atoms with Gasteiger partial charge in [-0.25, -0.2) is 8.42 Å². The summed E-state index contributed by atoms with van der Waals surface area (Å²) in [4.78, 5) is 7.21. The monoisotopic (exact) mass is 399 g/mol. The van der Waals surface area contributed by atoms with Gasteiger partial charge in [0.1, 0.15) is 0 Å². The van der Waals surface area contributed by atoms with Gasteiger partial charge in [-0.1, -0.05) is 0 Å². The van der Waals surface area contributed by atoms with Gasteiger partial charge in [0.15, 0.2) is 15.8 Å². The van der Waals surface area contributed by atoms with Crippen molar-refractivity contribution in [3.63, 3.8) is 0 Å². The molecule has 154 valence electrons. The standard InChI is InChI=1S/C19H33N3O4S/c23-27(24)10-4-16(13-27)11-20-18(21-12-17-3-1-2-8-26-17)22-7-5-19(14-22)6-9-25-15-19/h16-17H,1-15H2,(H,20,21). The minimum atomic E-state index is -2.85. The molecule has 4 aliphatic rings. The van der Waals surface area contributed by atoms with Crippen molar-refractivity contribution in [3.8, 4) is 0 Å². The van der Waals surface area contributed by atoms with E-state index in [4.69, 9.17) is 14.5 Å². The van der Waals surface area contributed by atoms with Gasteiger partial charge in [0.2, 0.25) is 0 Å². The molecule has 0 aromatic rings. The fraction of sp³-hybridized carbons (Fsp3) is 0.947. The largest absolute Gasteiger partial charge is 0.381 e. The second kappa shape index (κ2) is 8.25. The van der Waals surface area contributed by atoms with E-state index in [0.717, 1.165) is 77.5 Å². The van der Waals surface area contributed by atoms with E-state index in [9.17, 15) is 8.42 Å². The number of guanidine groups is 1. The molecule has 0 aromatic carbocycles. The van der Waals surface area contributed by atoms with Gasteiger partial charge in [0.25, 0.3) is 0 Å². The van der Waals surface area contributed by atoms with Crippen LogP contribution in [0.4, 0.5) is 0 Å². The molecule has 1 spiro atoms. The summed E-state index contributed by atoms with van der Waals surface area (Å²) in [6.45, 7) is 5.90. The third kappa shape index (κ3) is 4.95. The van der Waals surface area contributed by atoms with E-state index in [0.29, 0.717) is 12.3 Å². The molecule has 0 saturated carbocycles. The molecule has 0 radical (unpaired) electrons. The Morgan fingerprint density at radius 3 is 2.85 bits per heavy atom. The zero-order valence-electron chi connectivity index (χ0n) is 16.2. The molecule has 4 saturated heterocycles. The first kappa shape index (κ1) is 19.5. The predicted molar refractivity (Wildman–Crippen MR) is 105 cm³/mol. The Kier molecular flexibility index (Phi) is 5.94. The highest BCUT2D eigenvalue weighted by Gasteiger charge is 2.42. The number of aliphatic imine (C=N–C) groups is 1. The first-order valence-electron chi connectivity index (χ1n) is 10.5. The second-order valence-corrected chi connectivity index (χ2v) is 11.0. The molecule has 4 aliphatic heterocycles. The molecule has 4 heterocycles.